The maximum Gasteiger partial charge on any atom is 0.219 e. The van der Waals surface area contributed by atoms with Crippen LogP contribution in [0.15, 0.2) is 47.5 Å². The lowest BCUT2D eigenvalue weighted by molar-refractivity contribution is 0.178. The highest BCUT2D eigenvalue weighted by molar-refractivity contribution is 5.96. The van der Waals surface area contributed by atoms with Crippen molar-refractivity contribution >= 4 is 16.8 Å². The first-order chi connectivity index (χ1) is 16.5. The number of rotatable bonds is 3. The van der Waals surface area contributed by atoms with Gasteiger partial charge in [0, 0.05) is 17.0 Å². The summed E-state index contributed by atoms with van der Waals surface area (Å²) in [7, 11) is 0. The molecule has 0 radical (unpaired) electrons. The lowest BCUT2D eigenvalue weighted by atomic mass is 9.85. The Hall–Kier alpha value is -3.08. The fraction of sp³-hybridized carbons (Fsp3) is 0.467. The minimum Gasteiger partial charge on any atom is -0.506 e. The number of ether oxygens (including phenoxy) is 2. The molecule has 2 heterocycles. The van der Waals surface area contributed by atoms with Gasteiger partial charge < -0.3 is 14.6 Å². The number of aromatic hydroxyl groups is 1. The highest BCUT2D eigenvalue weighted by Crippen LogP contribution is 2.39. The monoisotopic (exact) mass is 472 g/mol. The molecule has 0 bridgehead atoms. The average molecular weight is 473 g/mol. The molecule has 0 amide bonds. The molecule has 1 aliphatic heterocycles. The number of hydrogen-bond acceptors (Lipinski definition) is 5. The second kappa shape index (κ2) is 8.54. The van der Waals surface area contributed by atoms with Gasteiger partial charge >= 0.3 is 0 Å². The summed E-state index contributed by atoms with van der Waals surface area (Å²) >= 11 is 0. The molecule has 3 aromatic rings. The summed E-state index contributed by atoms with van der Waals surface area (Å²) < 4.78 is 12.7. The zero-order chi connectivity index (χ0) is 25.0. The largest absolute Gasteiger partial charge is 0.506 e. The third-order valence-electron chi connectivity index (χ3n) is 7.33. The smallest absolute Gasteiger partial charge is 0.219 e. The van der Waals surface area contributed by atoms with Crippen molar-refractivity contribution < 1.29 is 14.6 Å². The fourth-order valence-corrected chi connectivity index (χ4v) is 5.06. The maximum atomic E-state index is 10.4. The molecule has 1 saturated carbocycles. The minimum atomic E-state index is -0.0752. The van der Waals surface area contributed by atoms with Crippen LogP contribution in [0, 0.1) is 12.3 Å². The van der Waals surface area contributed by atoms with Gasteiger partial charge in [-0.2, -0.15) is 0 Å². The van der Waals surface area contributed by atoms with Crippen LogP contribution in [0.5, 0.6) is 17.4 Å². The first-order valence-electron chi connectivity index (χ1n) is 12.7. The minimum absolute atomic E-state index is 0.0752. The lowest BCUT2D eigenvalue weighted by Gasteiger charge is -2.22. The van der Waals surface area contributed by atoms with E-state index >= 15 is 0 Å². The summed E-state index contributed by atoms with van der Waals surface area (Å²) in [6.07, 6.45) is 4.59. The maximum absolute atomic E-state index is 10.4. The Kier molecular flexibility index (Phi) is 5.77. The first kappa shape index (κ1) is 23.7. The molecule has 0 saturated heterocycles. The van der Waals surface area contributed by atoms with E-state index in [1.165, 1.54) is 6.42 Å². The van der Waals surface area contributed by atoms with E-state index < -0.39 is 0 Å². The van der Waals surface area contributed by atoms with Gasteiger partial charge in [0.25, 0.3) is 0 Å². The topological polar surface area (TPSA) is 63.9 Å². The molecular weight excluding hydrogens is 436 g/mol. The van der Waals surface area contributed by atoms with Gasteiger partial charge in [-0.1, -0.05) is 34.6 Å². The molecule has 5 heteroatoms. The Balaban J connectivity index is 1.48. The van der Waals surface area contributed by atoms with Crippen LogP contribution >= 0.6 is 0 Å². The van der Waals surface area contributed by atoms with Gasteiger partial charge in [0.15, 0.2) is 0 Å². The summed E-state index contributed by atoms with van der Waals surface area (Å²) in [5, 5.41) is 11.3. The highest BCUT2D eigenvalue weighted by atomic mass is 16.5. The number of fused-ring (bicyclic) bond motifs is 2. The van der Waals surface area contributed by atoms with E-state index in [0.29, 0.717) is 22.6 Å². The number of benzene rings is 2. The molecule has 2 aliphatic rings. The second-order valence-corrected chi connectivity index (χ2v) is 12.0. The molecule has 5 nitrogen and oxygen atoms in total. The standard InChI is InChI=1S/C30H36N2O3/c1-18-13-19-7-8-26(32-27(19)24(33)14-18)34-22-16-20(15-21(17-22)29(2,3)4)28-31-23-9-11-30(5,6)12-10-25(23)35-28/h7-8,13-17,23,25,33H,9-12H2,1-6H3/t23-,25+/m0/s1. The second-order valence-electron chi connectivity index (χ2n) is 12.0. The van der Waals surface area contributed by atoms with Crippen molar-refractivity contribution in [3.63, 3.8) is 0 Å². The van der Waals surface area contributed by atoms with Gasteiger partial charge in [-0.25, -0.2) is 9.98 Å². The summed E-state index contributed by atoms with van der Waals surface area (Å²) in [5.41, 5.74) is 3.89. The van der Waals surface area contributed by atoms with Crippen LogP contribution in [-0.2, 0) is 10.2 Å². The summed E-state index contributed by atoms with van der Waals surface area (Å²) in [5.74, 6) is 2.00. The van der Waals surface area contributed by atoms with Crippen molar-refractivity contribution in [2.75, 3.05) is 0 Å². The van der Waals surface area contributed by atoms with Gasteiger partial charge in [-0.3, -0.25) is 0 Å². The average Bonchev–Trinajstić information content (AvgIpc) is 3.13. The molecule has 2 atom stereocenters. The van der Waals surface area contributed by atoms with Crippen molar-refractivity contribution in [1.82, 2.24) is 4.98 Å². The van der Waals surface area contributed by atoms with E-state index in [4.69, 9.17) is 14.5 Å². The number of phenolic OH excluding ortho intramolecular Hbond substituents is 1. The molecule has 1 aliphatic carbocycles. The molecular formula is C30H36N2O3. The van der Waals surface area contributed by atoms with Gasteiger partial charge in [0.05, 0.1) is 6.04 Å². The van der Waals surface area contributed by atoms with Gasteiger partial charge in [-0.05, 0) is 91.0 Å². The van der Waals surface area contributed by atoms with Crippen LogP contribution in [0.4, 0.5) is 0 Å². The zero-order valence-corrected chi connectivity index (χ0v) is 21.7. The number of aliphatic imine (C=N–C) groups is 1. The van der Waals surface area contributed by atoms with Crippen LogP contribution in [0.2, 0.25) is 0 Å². The predicted octanol–water partition coefficient (Wildman–Crippen LogP) is 7.45. The Morgan fingerprint density at radius 2 is 1.80 bits per heavy atom. The van der Waals surface area contributed by atoms with Crippen molar-refractivity contribution in [3.05, 3.63) is 59.2 Å². The number of aromatic nitrogens is 1. The Morgan fingerprint density at radius 3 is 2.57 bits per heavy atom. The Morgan fingerprint density at radius 1 is 1.03 bits per heavy atom. The van der Waals surface area contributed by atoms with Crippen LogP contribution in [0.25, 0.3) is 10.9 Å². The van der Waals surface area contributed by atoms with E-state index in [0.717, 1.165) is 47.2 Å². The molecule has 184 valence electrons. The Bertz CT molecular complexity index is 1300. The van der Waals surface area contributed by atoms with Crippen LogP contribution < -0.4 is 4.74 Å². The third-order valence-corrected chi connectivity index (χ3v) is 7.33. The zero-order valence-electron chi connectivity index (χ0n) is 21.7. The summed E-state index contributed by atoms with van der Waals surface area (Å²) in [6, 6.07) is 13.9. The molecule has 0 spiro atoms. The van der Waals surface area contributed by atoms with E-state index in [-0.39, 0.29) is 23.3 Å². The van der Waals surface area contributed by atoms with Crippen molar-refractivity contribution in [1.29, 1.82) is 0 Å². The summed E-state index contributed by atoms with van der Waals surface area (Å²) in [6.45, 7) is 13.2. The Labute approximate surface area is 208 Å². The molecule has 35 heavy (non-hydrogen) atoms. The molecule has 2 aromatic carbocycles. The van der Waals surface area contributed by atoms with Gasteiger partial charge in [0.2, 0.25) is 11.8 Å². The van der Waals surface area contributed by atoms with E-state index in [2.05, 4.69) is 51.7 Å². The number of nitrogens with zero attached hydrogens (tertiary/aromatic N) is 2. The first-order valence-corrected chi connectivity index (χ1v) is 12.7. The normalized spacial score (nSPS) is 21.7. The highest BCUT2D eigenvalue weighted by Gasteiger charge is 2.37. The van der Waals surface area contributed by atoms with Crippen LogP contribution in [0.1, 0.15) is 77.0 Å². The van der Waals surface area contributed by atoms with Gasteiger partial charge in [-0.15, -0.1) is 0 Å². The summed E-state index contributed by atoms with van der Waals surface area (Å²) in [4.78, 5) is 9.61. The molecule has 1 aromatic heterocycles. The van der Waals surface area contributed by atoms with Crippen molar-refractivity contribution in [3.8, 4) is 17.4 Å². The van der Waals surface area contributed by atoms with E-state index in [1.807, 2.05) is 31.2 Å². The fourth-order valence-electron chi connectivity index (χ4n) is 5.06. The number of hydrogen-bond donors (Lipinski definition) is 1. The quantitative estimate of drug-likeness (QED) is 0.430. The number of pyridine rings is 1. The number of phenols is 1. The predicted molar refractivity (Wildman–Crippen MR) is 141 cm³/mol. The van der Waals surface area contributed by atoms with E-state index in [1.54, 1.807) is 6.07 Å². The van der Waals surface area contributed by atoms with Crippen LogP contribution in [-0.4, -0.2) is 28.1 Å². The lowest BCUT2D eigenvalue weighted by Crippen LogP contribution is -2.21. The SMILES string of the molecule is Cc1cc(O)c2nc(Oc3cc(C4=N[C@H]5CCC(C)(C)CC[C@H]5O4)cc(C(C)(C)C)c3)ccc2c1. The van der Waals surface area contributed by atoms with Crippen molar-refractivity contribution in [2.24, 2.45) is 10.4 Å². The van der Waals surface area contributed by atoms with Gasteiger partial charge in [0.1, 0.15) is 23.1 Å². The molecule has 1 fully saturated rings. The number of aryl methyl sites for hydroxylation is 1. The molecule has 1 N–H and O–H groups in total. The molecule has 5 rings (SSSR count). The molecule has 0 unspecified atom stereocenters. The van der Waals surface area contributed by atoms with Crippen LogP contribution in [0.3, 0.4) is 0 Å². The van der Waals surface area contributed by atoms with Crippen molar-refractivity contribution in [2.45, 2.75) is 84.8 Å². The third kappa shape index (κ3) is 5.00. The van der Waals surface area contributed by atoms with E-state index in [9.17, 15) is 5.11 Å².